The van der Waals surface area contributed by atoms with Crippen molar-refractivity contribution in [2.24, 2.45) is 0 Å². The first kappa shape index (κ1) is 32.2. The van der Waals surface area contributed by atoms with Gasteiger partial charge in [0.05, 0.1) is 9.75 Å². The summed E-state index contributed by atoms with van der Waals surface area (Å²) in [6.45, 7) is -0.896. The highest BCUT2D eigenvalue weighted by atomic mass is 32.1. The quantitative estimate of drug-likeness (QED) is 0.123. The van der Waals surface area contributed by atoms with Crippen LogP contribution in [0.1, 0.15) is 46.1 Å². The standard InChI is InChI=1S/C38H28B2F4N4S4/c1-21-15-25-19-27-17-23(3)37(47(27)39(41,42)45(25)35(21)31-7-5-13-49-31)33-11-9-29(51-33)30-10-12-34(52-30)38-24(4)18-28-20-26-16-22(2)36(32-8-6-14-50-32)46(26)40(43,44)48(28)38/h5-20H,1-4H3. The molecule has 4 nitrogen and oxygen atoms in total. The number of thiophene rings is 4. The number of fused-ring (bicyclic) bond motifs is 4. The average molecular weight is 767 g/mol. The number of aryl methyl sites for hydroxylation is 2. The van der Waals surface area contributed by atoms with E-state index in [1.807, 2.05) is 123 Å². The minimum Gasteiger partial charge on any atom is -0.389 e. The second-order valence-electron chi connectivity index (χ2n) is 13.6. The Kier molecular flexibility index (Phi) is 6.82. The zero-order valence-corrected chi connectivity index (χ0v) is 31.6. The smallest absolute Gasteiger partial charge is 0.389 e. The fraction of sp³-hybridized carbons (Fsp3) is 0.105. The average Bonchev–Trinajstić information content (AvgIpc) is 3.91. The summed E-state index contributed by atoms with van der Waals surface area (Å²) in [6.07, 6.45) is 7.37. The van der Waals surface area contributed by atoms with E-state index in [1.54, 1.807) is 0 Å². The molecule has 10 heterocycles. The lowest BCUT2D eigenvalue weighted by Crippen LogP contribution is -2.50. The maximum absolute atomic E-state index is 16.9. The molecule has 4 aliphatic heterocycles. The van der Waals surface area contributed by atoms with E-state index < -0.39 is 13.9 Å². The van der Waals surface area contributed by atoms with E-state index >= 15 is 17.3 Å². The van der Waals surface area contributed by atoms with Gasteiger partial charge in [0.2, 0.25) is 0 Å². The van der Waals surface area contributed by atoms with Crippen LogP contribution in [0.4, 0.5) is 17.3 Å². The van der Waals surface area contributed by atoms with Crippen molar-refractivity contribution in [1.82, 2.24) is 8.96 Å². The van der Waals surface area contributed by atoms with Crippen molar-refractivity contribution in [3.63, 3.8) is 0 Å². The van der Waals surface area contributed by atoms with Gasteiger partial charge in [-0.25, -0.2) is 0 Å². The number of hydrogen-bond acceptors (Lipinski definition) is 4. The van der Waals surface area contributed by atoms with Crippen LogP contribution in [0.25, 0.3) is 43.0 Å². The first-order chi connectivity index (χ1) is 24.9. The Morgan fingerprint density at radius 1 is 0.519 bits per heavy atom. The van der Waals surface area contributed by atoms with Crippen molar-refractivity contribution in [1.29, 1.82) is 0 Å². The molecule has 10 rings (SSSR count). The molecule has 6 aromatic heterocycles. The molecule has 0 spiro atoms. The summed E-state index contributed by atoms with van der Waals surface area (Å²) < 4.78 is 72.3. The Hall–Kier alpha value is -4.49. The van der Waals surface area contributed by atoms with E-state index in [0.29, 0.717) is 45.6 Å². The molecule has 0 saturated carbocycles. The van der Waals surface area contributed by atoms with Gasteiger partial charge in [-0.05, 0) is 98.1 Å². The second kappa shape index (κ2) is 11.0. The zero-order valence-electron chi connectivity index (χ0n) is 28.3. The van der Waals surface area contributed by atoms with Crippen LogP contribution < -0.4 is 0 Å². The highest BCUT2D eigenvalue weighted by Crippen LogP contribution is 2.46. The summed E-state index contributed by atoms with van der Waals surface area (Å²) in [4.78, 5) is 4.86. The third kappa shape index (κ3) is 4.38. The van der Waals surface area contributed by atoms with Gasteiger partial charge in [0.25, 0.3) is 0 Å². The summed E-state index contributed by atoms with van der Waals surface area (Å²) in [5.41, 5.74) is 7.20. The lowest BCUT2D eigenvalue weighted by molar-refractivity contribution is -0.360. The maximum Gasteiger partial charge on any atom is 0.737 e. The molecule has 0 radical (unpaired) electrons. The molecule has 0 amide bonds. The molecule has 0 aromatic carbocycles. The van der Waals surface area contributed by atoms with Gasteiger partial charge in [0.15, 0.2) is 22.8 Å². The summed E-state index contributed by atoms with van der Waals surface area (Å²) in [7, 11) is 0. The third-order valence-electron chi connectivity index (χ3n) is 10.3. The van der Waals surface area contributed by atoms with Crippen LogP contribution in [0.15, 0.2) is 106 Å². The van der Waals surface area contributed by atoms with Crippen LogP contribution >= 0.6 is 45.3 Å². The molecular weight excluding hydrogens is 738 g/mol. The van der Waals surface area contributed by atoms with Crippen molar-refractivity contribution in [3.05, 3.63) is 138 Å². The summed E-state index contributed by atoms with van der Waals surface area (Å²) in [5.74, 6) is 0. The molecule has 0 bridgehead atoms. The normalized spacial score (nSPS) is 18.2. The number of aromatic nitrogens is 2. The number of hydrogen-bond donors (Lipinski definition) is 0. The summed E-state index contributed by atoms with van der Waals surface area (Å²) >= 11 is 5.79. The van der Waals surface area contributed by atoms with Crippen LogP contribution in [0.5, 0.6) is 0 Å². The SMILES string of the molecule is CC1=CC2=Cc3cc(C)c(-c4cccs4)n3[B-](F)(F)[N+]2=C1c1ccc(-c2ccc(-c3c(C)cc4n3[B-](F)(F)[N+]3=C(c5cccs5)C(C)=CC3=C4)s2)s1. The molecule has 0 aliphatic carbocycles. The van der Waals surface area contributed by atoms with Gasteiger partial charge < -0.3 is 35.2 Å². The van der Waals surface area contributed by atoms with Gasteiger partial charge in [-0.15, -0.1) is 45.3 Å². The van der Waals surface area contributed by atoms with E-state index in [0.717, 1.165) is 51.5 Å². The van der Waals surface area contributed by atoms with Crippen LogP contribution in [0, 0.1) is 13.8 Å². The van der Waals surface area contributed by atoms with Gasteiger partial charge in [0, 0.05) is 77.7 Å². The van der Waals surface area contributed by atoms with Crippen molar-refractivity contribution < 1.29 is 26.2 Å². The molecule has 258 valence electrons. The second-order valence-corrected chi connectivity index (χ2v) is 17.7. The van der Waals surface area contributed by atoms with Crippen molar-refractivity contribution in [3.8, 4) is 30.9 Å². The molecule has 0 saturated heterocycles. The molecule has 0 atom stereocenters. The van der Waals surface area contributed by atoms with Gasteiger partial charge >= 0.3 is 13.9 Å². The molecular formula is C38H28B2F4N4S4. The lowest BCUT2D eigenvalue weighted by atomic mass is 9.90. The van der Waals surface area contributed by atoms with Gasteiger partial charge in [0.1, 0.15) is 0 Å². The van der Waals surface area contributed by atoms with E-state index in [2.05, 4.69) is 0 Å². The predicted molar refractivity (Wildman–Crippen MR) is 212 cm³/mol. The monoisotopic (exact) mass is 766 g/mol. The first-order valence-electron chi connectivity index (χ1n) is 16.8. The Labute approximate surface area is 313 Å². The van der Waals surface area contributed by atoms with Crippen molar-refractivity contribution in [2.45, 2.75) is 27.7 Å². The minimum absolute atomic E-state index is 0.477. The predicted octanol–water partition coefficient (Wildman–Crippen LogP) is 11.2. The highest BCUT2D eigenvalue weighted by molar-refractivity contribution is 7.24. The Balaban J connectivity index is 1.04. The fourth-order valence-electron chi connectivity index (χ4n) is 8.31. The number of rotatable bonds is 5. The lowest BCUT2D eigenvalue weighted by Gasteiger charge is -2.30. The number of nitrogens with zero attached hydrogens (tertiary/aromatic N) is 4. The molecule has 0 unspecified atom stereocenters. The molecule has 0 N–H and O–H groups in total. The van der Waals surface area contributed by atoms with E-state index in [4.69, 9.17) is 0 Å². The van der Waals surface area contributed by atoms with E-state index in [-0.39, 0.29) is 0 Å². The Morgan fingerprint density at radius 2 is 0.962 bits per heavy atom. The molecule has 52 heavy (non-hydrogen) atoms. The summed E-state index contributed by atoms with van der Waals surface area (Å²) in [5, 5.41) is 3.81. The molecule has 14 heteroatoms. The number of allylic oxidation sites excluding steroid dienone is 4. The van der Waals surface area contributed by atoms with E-state index in [1.165, 1.54) is 63.3 Å². The van der Waals surface area contributed by atoms with Crippen LogP contribution in [-0.4, -0.2) is 43.3 Å². The topological polar surface area (TPSA) is 15.9 Å². The van der Waals surface area contributed by atoms with Gasteiger partial charge in [-0.1, -0.05) is 12.1 Å². The van der Waals surface area contributed by atoms with Crippen molar-refractivity contribution in [2.75, 3.05) is 0 Å². The fourth-order valence-corrected chi connectivity index (χ4v) is 12.3. The molecule has 6 aromatic rings. The molecule has 4 aliphatic rings. The Bertz CT molecular complexity index is 2730. The molecule has 0 fully saturated rings. The van der Waals surface area contributed by atoms with Crippen LogP contribution in [0.3, 0.4) is 0 Å². The van der Waals surface area contributed by atoms with Crippen LogP contribution in [-0.2, 0) is 0 Å². The van der Waals surface area contributed by atoms with E-state index in [9.17, 15) is 0 Å². The van der Waals surface area contributed by atoms with Crippen LogP contribution in [0.2, 0.25) is 0 Å². The highest BCUT2D eigenvalue weighted by Gasteiger charge is 2.55. The largest absolute Gasteiger partial charge is 0.737 e. The first-order valence-corrected chi connectivity index (χ1v) is 20.2. The van der Waals surface area contributed by atoms with Gasteiger partial charge in [-0.3, -0.25) is 0 Å². The van der Waals surface area contributed by atoms with Crippen molar-refractivity contribution >= 4 is 82.9 Å². The maximum atomic E-state index is 16.9. The third-order valence-corrected chi connectivity index (χ3v) is 14.4. The summed E-state index contributed by atoms with van der Waals surface area (Å²) in [6, 6.07) is 18.9. The Morgan fingerprint density at radius 3 is 1.48 bits per heavy atom. The zero-order chi connectivity index (χ0) is 35.8. The van der Waals surface area contributed by atoms with Gasteiger partial charge in [-0.2, -0.15) is 0 Å². The number of halogens is 4. The minimum atomic E-state index is -4.21.